The van der Waals surface area contributed by atoms with Gasteiger partial charge in [-0.2, -0.15) is 0 Å². The molecular weight excluding hydrogens is 300 g/mol. The van der Waals surface area contributed by atoms with Crippen LogP contribution < -0.4 is 4.74 Å². The minimum Gasteiger partial charge on any atom is -0.479 e. The van der Waals surface area contributed by atoms with Gasteiger partial charge in [-0.05, 0) is 67.2 Å². The third-order valence-electron chi connectivity index (χ3n) is 5.78. The van der Waals surface area contributed by atoms with Gasteiger partial charge in [0, 0.05) is 0 Å². The zero-order valence-corrected chi connectivity index (χ0v) is 14.8. The van der Waals surface area contributed by atoms with E-state index in [1.165, 1.54) is 36.8 Å². The summed E-state index contributed by atoms with van der Waals surface area (Å²) in [6, 6.07) is 6.28. The molecule has 1 fully saturated rings. The molecule has 1 aromatic rings. The summed E-state index contributed by atoms with van der Waals surface area (Å²) in [5.41, 5.74) is 2.88. The third kappa shape index (κ3) is 3.93. The van der Waals surface area contributed by atoms with Crippen LogP contribution in [0.5, 0.6) is 5.75 Å². The summed E-state index contributed by atoms with van der Waals surface area (Å²) in [6.07, 6.45) is 10.7. The van der Waals surface area contributed by atoms with Crippen molar-refractivity contribution < 1.29 is 14.6 Å². The second-order valence-electron chi connectivity index (χ2n) is 7.51. The zero-order valence-electron chi connectivity index (χ0n) is 14.8. The molecule has 0 saturated heterocycles. The summed E-state index contributed by atoms with van der Waals surface area (Å²) >= 11 is 0. The van der Waals surface area contributed by atoms with Crippen molar-refractivity contribution in [3.05, 3.63) is 29.3 Å². The van der Waals surface area contributed by atoms with Crippen molar-refractivity contribution in [3.63, 3.8) is 0 Å². The van der Waals surface area contributed by atoms with Gasteiger partial charge in [0.15, 0.2) is 6.10 Å². The number of carboxylic acid groups (broad SMARTS) is 1. The average molecular weight is 330 g/mol. The van der Waals surface area contributed by atoms with Crippen LogP contribution in [0.2, 0.25) is 0 Å². The zero-order chi connectivity index (χ0) is 16.9. The molecule has 0 spiro atoms. The van der Waals surface area contributed by atoms with Crippen molar-refractivity contribution >= 4 is 5.97 Å². The van der Waals surface area contributed by atoms with E-state index >= 15 is 0 Å². The lowest BCUT2D eigenvalue weighted by atomic mass is 9.80. The molecule has 3 heteroatoms. The van der Waals surface area contributed by atoms with Crippen LogP contribution in [0.4, 0.5) is 0 Å². The van der Waals surface area contributed by atoms with Crippen LogP contribution in [0, 0.1) is 5.92 Å². The van der Waals surface area contributed by atoms with E-state index in [2.05, 4.69) is 19.1 Å². The standard InChI is InChI=1S/C21H30O3/c1-2-3-4-5-10-20(21(22)23)24-17-11-12-19-16(14-17)13-15-8-6-7-9-18(15)19/h11-12,14-15,18,20H,2-10,13H2,1H3,(H,22,23). The van der Waals surface area contributed by atoms with Gasteiger partial charge < -0.3 is 9.84 Å². The molecule has 3 atom stereocenters. The van der Waals surface area contributed by atoms with Crippen molar-refractivity contribution in [1.29, 1.82) is 0 Å². The monoisotopic (exact) mass is 330 g/mol. The van der Waals surface area contributed by atoms with Crippen molar-refractivity contribution in [3.8, 4) is 5.75 Å². The van der Waals surface area contributed by atoms with Crippen LogP contribution in [0.25, 0.3) is 0 Å². The molecule has 1 N–H and O–H groups in total. The molecule has 1 saturated carbocycles. The van der Waals surface area contributed by atoms with Crippen molar-refractivity contribution in [2.45, 2.75) is 83.2 Å². The molecule has 0 amide bonds. The summed E-state index contributed by atoms with van der Waals surface area (Å²) in [6.45, 7) is 2.16. The van der Waals surface area contributed by atoms with Gasteiger partial charge in [-0.1, -0.05) is 45.1 Å². The smallest absolute Gasteiger partial charge is 0.344 e. The number of hydrogen-bond acceptors (Lipinski definition) is 2. The van der Waals surface area contributed by atoms with E-state index in [9.17, 15) is 9.90 Å². The number of fused-ring (bicyclic) bond motifs is 3. The first-order chi connectivity index (χ1) is 11.7. The molecule has 3 rings (SSSR count). The van der Waals surface area contributed by atoms with Crippen LogP contribution in [0.1, 0.15) is 81.8 Å². The fourth-order valence-electron chi connectivity index (χ4n) is 4.49. The summed E-state index contributed by atoms with van der Waals surface area (Å²) in [4.78, 5) is 11.5. The molecule has 0 aromatic heterocycles. The Morgan fingerprint density at radius 1 is 1.25 bits per heavy atom. The molecule has 3 nitrogen and oxygen atoms in total. The molecule has 0 aliphatic heterocycles. The van der Waals surface area contributed by atoms with E-state index in [1.807, 2.05) is 6.07 Å². The lowest BCUT2D eigenvalue weighted by molar-refractivity contribution is -0.145. The van der Waals surface area contributed by atoms with E-state index in [-0.39, 0.29) is 0 Å². The predicted octanol–water partition coefficient (Wildman–Crippen LogP) is 5.32. The molecule has 0 heterocycles. The van der Waals surface area contributed by atoms with Crippen LogP contribution in [0.15, 0.2) is 18.2 Å². The topological polar surface area (TPSA) is 46.5 Å². The quantitative estimate of drug-likeness (QED) is 0.656. The molecule has 0 bridgehead atoms. The maximum absolute atomic E-state index is 11.5. The van der Waals surface area contributed by atoms with Gasteiger partial charge in [-0.25, -0.2) is 4.79 Å². The molecule has 0 radical (unpaired) electrons. The number of unbranched alkanes of at least 4 members (excludes halogenated alkanes) is 3. The van der Waals surface area contributed by atoms with Gasteiger partial charge in [-0.3, -0.25) is 0 Å². The molecule has 2 aliphatic carbocycles. The molecule has 1 aromatic carbocycles. The van der Waals surface area contributed by atoms with E-state index in [0.717, 1.165) is 49.7 Å². The molecule has 24 heavy (non-hydrogen) atoms. The van der Waals surface area contributed by atoms with E-state index in [4.69, 9.17) is 4.74 Å². The lowest BCUT2D eigenvalue weighted by Gasteiger charge is -2.25. The average Bonchev–Trinajstić information content (AvgIpc) is 2.95. The number of benzene rings is 1. The Hall–Kier alpha value is -1.51. The second kappa shape index (κ2) is 8.04. The van der Waals surface area contributed by atoms with E-state index < -0.39 is 12.1 Å². The maximum atomic E-state index is 11.5. The maximum Gasteiger partial charge on any atom is 0.344 e. The Labute approximate surface area is 145 Å². The van der Waals surface area contributed by atoms with Crippen molar-refractivity contribution in [2.24, 2.45) is 5.92 Å². The van der Waals surface area contributed by atoms with Crippen molar-refractivity contribution in [1.82, 2.24) is 0 Å². The number of carboxylic acids is 1. The largest absolute Gasteiger partial charge is 0.479 e. The second-order valence-corrected chi connectivity index (χ2v) is 7.51. The van der Waals surface area contributed by atoms with E-state index in [0.29, 0.717) is 6.42 Å². The molecule has 132 valence electrons. The molecule has 3 unspecified atom stereocenters. The van der Waals surface area contributed by atoms with Crippen molar-refractivity contribution in [2.75, 3.05) is 0 Å². The summed E-state index contributed by atoms with van der Waals surface area (Å²) in [5, 5.41) is 9.43. The van der Waals surface area contributed by atoms with Crippen LogP contribution >= 0.6 is 0 Å². The van der Waals surface area contributed by atoms with Gasteiger partial charge in [0.25, 0.3) is 0 Å². The number of ether oxygens (including phenoxy) is 1. The Kier molecular flexibility index (Phi) is 5.80. The minimum absolute atomic E-state index is 0.595. The highest BCUT2D eigenvalue weighted by Crippen LogP contribution is 2.47. The molecule has 2 aliphatic rings. The number of rotatable bonds is 8. The van der Waals surface area contributed by atoms with Crippen LogP contribution in [-0.4, -0.2) is 17.2 Å². The first-order valence-electron chi connectivity index (χ1n) is 9.71. The lowest BCUT2D eigenvalue weighted by Crippen LogP contribution is -2.27. The Bertz CT molecular complexity index is 566. The SMILES string of the molecule is CCCCCCC(Oc1ccc2c(c1)CC1CCCCC21)C(=O)O. The fourth-order valence-corrected chi connectivity index (χ4v) is 4.49. The van der Waals surface area contributed by atoms with Gasteiger partial charge in [0.2, 0.25) is 0 Å². The summed E-state index contributed by atoms with van der Waals surface area (Å²) in [7, 11) is 0. The first kappa shape index (κ1) is 17.3. The number of aliphatic carboxylic acids is 1. The summed E-state index contributed by atoms with van der Waals surface area (Å²) < 4.78 is 5.84. The van der Waals surface area contributed by atoms with E-state index in [1.54, 1.807) is 0 Å². The minimum atomic E-state index is -0.847. The Morgan fingerprint density at radius 3 is 2.88 bits per heavy atom. The van der Waals surface area contributed by atoms with Gasteiger partial charge in [-0.15, -0.1) is 0 Å². The number of carbonyl (C=O) groups is 1. The highest BCUT2D eigenvalue weighted by atomic mass is 16.5. The van der Waals surface area contributed by atoms with Gasteiger partial charge in [0.05, 0.1) is 0 Å². The Balaban J connectivity index is 1.63. The van der Waals surface area contributed by atoms with Crippen LogP contribution in [0.3, 0.4) is 0 Å². The summed E-state index contributed by atoms with van der Waals surface area (Å²) in [5.74, 6) is 1.41. The molecular formula is C21H30O3. The highest BCUT2D eigenvalue weighted by molar-refractivity contribution is 5.72. The van der Waals surface area contributed by atoms with Gasteiger partial charge in [0.1, 0.15) is 5.75 Å². The Morgan fingerprint density at radius 2 is 2.08 bits per heavy atom. The highest BCUT2D eigenvalue weighted by Gasteiger charge is 2.34. The normalized spacial score (nSPS) is 23.4. The van der Waals surface area contributed by atoms with Crippen LogP contribution in [-0.2, 0) is 11.2 Å². The van der Waals surface area contributed by atoms with Gasteiger partial charge >= 0.3 is 5.97 Å². The fraction of sp³-hybridized carbons (Fsp3) is 0.667. The number of hydrogen-bond donors (Lipinski definition) is 1. The third-order valence-corrected chi connectivity index (χ3v) is 5.78. The first-order valence-corrected chi connectivity index (χ1v) is 9.71. The predicted molar refractivity (Wildman–Crippen MR) is 95.7 cm³/mol.